The Morgan fingerprint density at radius 1 is 1.08 bits per heavy atom. The van der Waals surface area contributed by atoms with Crippen molar-refractivity contribution >= 4 is 28.4 Å². The van der Waals surface area contributed by atoms with Crippen LogP contribution in [0.1, 0.15) is 38.5 Å². The molecule has 2 aliphatic heterocycles. The molecule has 11 nitrogen and oxygen atoms in total. The lowest BCUT2D eigenvalue weighted by Gasteiger charge is -2.48. The van der Waals surface area contributed by atoms with Crippen LogP contribution in [-0.2, 0) is 6.54 Å². The molecule has 3 aromatic heterocycles. The lowest BCUT2D eigenvalue weighted by Crippen LogP contribution is -2.74. The number of nitrogens with two attached hydrogens (primary N) is 1. The molecule has 2 amide bonds. The summed E-state index contributed by atoms with van der Waals surface area (Å²) in [5.74, 6) is -0.223. The van der Waals surface area contributed by atoms with Crippen molar-refractivity contribution < 1.29 is 49.4 Å². The van der Waals surface area contributed by atoms with E-state index in [9.17, 15) is 49.4 Å². The number of hydrogen-bond donors (Lipinski definition) is 4. The van der Waals surface area contributed by atoms with Gasteiger partial charge < -0.3 is 26.0 Å². The van der Waals surface area contributed by atoms with Crippen LogP contribution in [-0.4, -0.2) is 95.8 Å². The highest BCUT2D eigenvalue weighted by Crippen LogP contribution is 2.64. The topological polar surface area (TPSA) is 141 Å². The number of rotatable bonds is 5. The number of nitrogens with zero attached hydrogens (tertiary/aromatic N) is 6. The van der Waals surface area contributed by atoms with Crippen LogP contribution in [0.2, 0.25) is 0 Å². The van der Waals surface area contributed by atoms with Gasteiger partial charge in [0.2, 0.25) is 0 Å². The van der Waals surface area contributed by atoms with Gasteiger partial charge in [-0.25, -0.2) is 4.79 Å². The van der Waals surface area contributed by atoms with E-state index < -0.39 is 73.7 Å². The van der Waals surface area contributed by atoms with Crippen LogP contribution in [0.15, 0.2) is 18.5 Å². The van der Waals surface area contributed by atoms with Gasteiger partial charge in [-0.15, -0.1) is 0 Å². The van der Waals surface area contributed by atoms with Crippen molar-refractivity contribution in [3.63, 3.8) is 0 Å². The van der Waals surface area contributed by atoms with E-state index in [-0.39, 0.29) is 52.2 Å². The smallest absolute Gasteiger partial charge is 0.380 e. The Hall–Kier alpha value is -3.81. The number of nitrogens with one attached hydrogen (secondary N) is 2. The largest absolute Gasteiger partial charge is 0.417 e. The second-order valence-corrected chi connectivity index (χ2v) is 13.5. The average Bonchev–Trinajstić information content (AvgIpc) is 3.23. The zero-order valence-corrected chi connectivity index (χ0v) is 25.0. The van der Waals surface area contributed by atoms with Gasteiger partial charge in [-0.05, 0) is 24.3 Å². The summed E-state index contributed by atoms with van der Waals surface area (Å²) in [5, 5.41) is 23.7. The Balaban J connectivity index is 1.16. The van der Waals surface area contributed by atoms with Gasteiger partial charge in [0.25, 0.3) is 0 Å². The number of aromatic amines is 1. The van der Waals surface area contributed by atoms with Gasteiger partial charge >= 0.3 is 24.6 Å². The minimum Gasteiger partial charge on any atom is -0.380 e. The third-order valence-electron chi connectivity index (χ3n) is 10.4. The fourth-order valence-corrected chi connectivity index (χ4v) is 7.47. The maximum Gasteiger partial charge on any atom is 0.417 e. The van der Waals surface area contributed by atoms with Crippen molar-refractivity contribution in [1.82, 2.24) is 29.9 Å². The SMILES string of the molecule is NC1(C(F)(F)F)CN(c2nn(CC(F)(F)F)c3cc(-c4[nH]ncc4NC(=O)N4CCC(O)(C(F)(F)F)CC45CC5C4CCC4)ncc23)C1. The van der Waals surface area contributed by atoms with Crippen LogP contribution in [0.4, 0.5) is 55.8 Å². The number of anilines is 2. The fraction of sp³-hybridized carbons (Fsp3) is 0.643. The molecule has 262 valence electrons. The first-order valence-corrected chi connectivity index (χ1v) is 15.2. The number of urea groups is 1. The van der Waals surface area contributed by atoms with Crippen molar-refractivity contribution in [3.8, 4) is 11.4 Å². The lowest BCUT2D eigenvalue weighted by atomic mass is 9.76. The van der Waals surface area contributed by atoms with Crippen LogP contribution < -0.4 is 16.0 Å². The van der Waals surface area contributed by atoms with E-state index in [1.165, 1.54) is 17.2 Å². The standard InChI is InChI=1S/C28H30F9N9O2/c29-26(30,31)13-46-19-6-17(39-8-15(19)21(43-46)44-11-24(38,12-44)27(32,33)34)20-18(9-40-42-20)41-22(47)45-5-4-25(48,28(35,36)37)10-23(45)7-16(23)14-2-1-3-14/h6,8-9,14,16,48H,1-5,7,10-13,38H2,(H,40,42)(H,41,47). The van der Waals surface area contributed by atoms with Crippen molar-refractivity contribution in [1.29, 1.82) is 0 Å². The Kier molecular flexibility index (Phi) is 7.06. The number of alkyl halides is 9. The molecule has 0 radical (unpaired) electrons. The summed E-state index contributed by atoms with van der Waals surface area (Å²) in [7, 11) is 0. The van der Waals surface area contributed by atoms with Crippen molar-refractivity contribution in [2.24, 2.45) is 17.6 Å². The number of halogens is 9. The summed E-state index contributed by atoms with van der Waals surface area (Å²) < 4.78 is 123. The van der Waals surface area contributed by atoms with Crippen molar-refractivity contribution in [2.45, 2.75) is 80.3 Å². The number of amides is 2. The first-order chi connectivity index (χ1) is 22.2. The molecular weight excluding hydrogens is 665 g/mol. The maximum absolute atomic E-state index is 13.9. The first-order valence-electron chi connectivity index (χ1n) is 15.2. The molecule has 3 unspecified atom stereocenters. The fourth-order valence-electron chi connectivity index (χ4n) is 7.47. The number of aromatic nitrogens is 5. The number of carbonyl (C=O) groups is 1. The van der Waals surface area contributed by atoms with Crippen LogP contribution in [0.25, 0.3) is 22.3 Å². The van der Waals surface area contributed by atoms with E-state index in [1.807, 2.05) is 0 Å². The molecule has 7 rings (SSSR count). The molecule has 5 heterocycles. The molecular formula is C28H30F9N9O2. The number of carbonyl (C=O) groups excluding carboxylic acids is 1. The molecule has 4 aliphatic rings. The Bertz CT molecular complexity index is 1740. The average molecular weight is 696 g/mol. The zero-order chi connectivity index (χ0) is 34.7. The van der Waals surface area contributed by atoms with E-state index in [0.717, 1.165) is 30.4 Å². The monoisotopic (exact) mass is 695 g/mol. The van der Waals surface area contributed by atoms with E-state index in [1.54, 1.807) is 0 Å². The van der Waals surface area contributed by atoms with E-state index >= 15 is 0 Å². The van der Waals surface area contributed by atoms with Crippen LogP contribution in [0.3, 0.4) is 0 Å². The molecule has 3 atom stereocenters. The predicted molar refractivity (Wildman–Crippen MR) is 150 cm³/mol. The summed E-state index contributed by atoms with van der Waals surface area (Å²) in [6.45, 7) is -3.39. The van der Waals surface area contributed by atoms with Crippen molar-refractivity contribution in [3.05, 3.63) is 18.5 Å². The normalized spacial score (nSPS) is 27.7. The van der Waals surface area contributed by atoms with Crippen molar-refractivity contribution in [2.75, 3.05) is 29.9 Å². The van der Waals surface area contributed by atoms with E-state index in [4.69, 9.17) is 5.73 Å². The van der Waals surface area contributed by atoms with Gasteiger partial charge in [0, 0.05) is 38.7 Å². The summed E-state index contributed by atoms with van der Waals surface area (Å²) in [5.41, 5.74) is -1.29. The molecule has 0 aromatic carbocycles. The third kappa shape index (κ3) is 5.21. The Morgan fingerprint density at radius 2 is 1.79 bits per heavy atom. The lowest BCUT2D eigenvalue weighted by molar-refractivity contribution is -0.278. The maximum atomic E-state index is 13.9. The molecule has 3 aromatic rings. The van der Waals surface area contributed by atoms with Crippen LogP contribution in [0, 0.1) is 11.8 Å². The van der Waals surface area contributed by atoms with E-state index in [0.29, 0.717) is 11.1 Å². The number of likely N-dealkylation sites (tertiary alicyclic amines) is 1. The minimum atomic E-state index is -4.88. The van der Waals surface area contributed by atoms with Crippen LogP contribution in [0.5, 0.6) is 0 Å². The number of pyridine rings is 1. The van der Waals surface area contributed by atoms with Gasteiger partial charge in [0.15, 0.2) is 11.4 Å². The molecule has 0 bridgehead atoms. The molecule has 1 spiro atoms. The molecule has 48 heavy (non-hydrogen) atoms. The summed E-state index contributed by atoms with van der Waals surface area (Å²) in [4.78, 5) is 20.4. The summed E-state index contributed by atoms with van der Waals surface area (Å²) in [6, 6.07) is 0.473. The predicted octanol–water partition coefficient (Wildman–Crippen LogP) is 4.94. The number of aliphatic hydroxyl groups is 1. The summed E-state index contributed by atoms with van der Waals surface area (Å²) in [6.07, 6.45) is -10.5. The number of piperidine rings is 1. The molecule has 2 saturated heterocycles. The van der Waals surface area contributed by atoms with Crippen LogP contribution >= 0.6 is 0 Å². The quantitative estimate of drug-likeness (QED) is 0.277. The highest BCUT2D eigenvalue weighted by atomic mass is 19.4. The molecule has 2 aliphatic carbocycles. The molecule has 4 fully saturated rings. The second-order valence-electron chi connectivity index (χ2n) is 13.5. The number of H-pyrrole nitrogens is 1. The number of fused-ring (bicyclic) bond motifs is 1. The zero-order valence-electron chi connectivity index (χ0n) is 25.0. The second kappa shape index (κ2) is 10.3. The van der Waals surface area contributed by atoms with Gasteiger partial charge in [-0.1, -0.05) is 19.3 Å². The minimum absolute atomic E-state index is 0.00387. The summed E-state index contributed by atoms with van der Waals surface area (Å²) >= 11 is 0. The van der Waals surface area contributed by atoms with Gasteiger partial charge in [-0.3, -0.25) is 14.8 Å². The molecule has 20 heteroatoms. The highest BCUT2D eigenvalue weighted by molar-refractivity contribution is 5.96. The van der Waals surface area contributed by atoms with Gasteiger partial charge in [0.1, 0.15) is 17.8 Å². The first kappa shape index (κ1) is 32.7. The van der Waals surface area contributed by atoms with Gasteiger partial charge in [0.05, 0.1) is 34.0 Å². The number of hydrogen-bond acceptors (Lipinski definition) is 7. The molecule has 2 saturated carbocycles. The van der Waals surface area contributed by atoms with E-state index in [2.05, 4.69) is 25.6 Å². The van der Waals surface area contributed by atoms with Gasteiger partial charge in [-0.2, -0.15) is 49.7 Å². The highest BCUT2D eigenvalue weighted by Gasteiger charge is 2.71. The molecule has 5 N–H and O–H groups in total. The third-order valence-corrected chi connectivity index (χ3v) is 10.4. The Labute approximate surface area is 265 Å². The Morgan fingerprint density at radius 3 is 2.40 bits per heavy atom.